The Bertz CT molecular complexity index is 1070. The van der Waals surface area contributed by atoms with Crippen LogP contribution in [0.4, 0.5) is 0 Å². The zero-order valence-electron chi connectivity index (χ0n) is 14.8. The Hall–Kier alpha value is -3.28. The summed E-state index contributed by atoms with van der Waals surface area (Å²) in [5.74, 6) is 0.663. The van der Waals surface area contributed by atoms with Gasteiger partial charge in [-0.3, -0.25) is 0 Å². The van der Waals surface area contributed by atoms with Crippen LogP contribution in [0.2, 0.25) is 0 Å². The standard InChI is InChI=1S/C21H18O6/c1-24-17-7-2-3-8-18(17)26-20(22)12-25-13-9-10-15-14-5-4-6-16(14)21(23)27-19(15)11-13/h2-3,7-11H,4-6,12H2,1H3. The number of fused-ring (bicyclic) bond motifs is 3. The van der Waals surface area contributed by atoms with Crippen molar-refractivity contribution < 1.29 is 23.4 Å². The summed E-state index contributed by atoms with van der Waals surface area (Å²) in [7, 11) is 1.50. The Morgan fingerprint density at radius 1 is 1.07 bits per heavy atom. The minimum absolute atomic E-state index is 0.279. The normalized spacial score (nSPS) is 12.6. The Morgan fingerprint density at radius 3 is 2.67 bits per heavy atom. The van der Waals surface area contributed by atoms with Crippen LogP contribution in [0.15, 0.2) is 51.7 Å². The molecule has 2 aromatic carbocycles. The van der Waals surface area contributed by atoms with E-state index in [1.165, 1.54) is 7.11 Å². The average Bonchev–Trinajstić information content (AvgIpc) is 3.17. The summed E-state index contributed by atoms with van der Waals surface area (Å²) in [6.45, 7) is -0.279. The van der Waals surface area contributed by atoms with Gasteiger partial charge in [-0.2, -0.15) is 0 Å². The molecule has 0 N–H and O–H groups in total. The van der Waals surface area contributed by atoms with Gasteiger partial charge in [0.2, 0.25) is 0 Å². The maximum Gasteiger partial charge on any atom is 0.349 e. The van der Waals surface area contributed by atoms with Gasteiger partial charge < -0.3 is 18.6 Å². The van der Waals surface area contributed by atoms with Crippen molar-refractivity contribution in [3.63, 3.8) is 0 Å². The van der Waals surface area contributed by atoms with Crippen molar-refractivity contribution in [3.05, 3.63) is 64.0 Å². The lowest BCUT2D eigenvalue weighted by Gasteiger charge is -2.10. The Morgan fingerprint density at radius 2 is 1.85 bits per heavy atom. The van der Waals surface area contributed by atoms with Gasteiger partial charge in [0.25, 0.3) is 0 Å². The van der Waals surface area contributed by atoms with Gasteiger partial charge in [-0.1, -0.05) is 12.1 Å². The predicted octanol–water partition coefficient (Wildman–Crippen LogP) is 3.27. The van der Waals surface area contributed by atoms with Crippen LogP contribution in [0.5, 0.6) is 17.2 Å². The third-order valence-electron chi connectivity index (χ3n) is 4.59. The molecule has 0 fully saturated rings. The molecule has 0 aliphatic heterocycles. The van der Waals surface area contributed by atoms with Gasteiger partial charge in [0.15, 0.2) is 18.1 Å². The second-order valence-corrected chi connectivity index (χ2v) is 6.27. The van der Waals surface area contributed by atoms with Crippen molar-refractivity contribution in [2.24, 2.45) is 0 Å². The van der Waals surface area contributed by atoms with Gasteiger partial charge in [0.05, 0.1) is 7.11 Å². The van der Waals surface area contributed by atoms with E-state index in [9.17, 15) is 9.59 Å². The number of carbonyl (C=O) groups excluding carboxylic acids is 1. The maximum absolute atomic E-state index is 12.1. The minimum atomic E-state index is -0.560. The van der Waals surface area contributed by atoms with Crippen LogP contribution in [0, 0.1) is 0 Å². The van der Waals surface area contributed by atoms with Gasteiger partial charge in [0, 0.05) is 17.0 Å². The number of rotatable bonds is 5. The van der Waals surface area contributed by atoms with Crippen LogP contribution in [0.3, 0.4) is 0 Å². The van der Waals surface area contributed by atoms with E-state index in [4.69, 9.17) is 18.6 Å². The third kappa shape index (κ3) is 3.38. The molecule has 0 radical (unpaired) electrons. The lowest BCUT2D eigenvalue weighted by molar-refractivity contribution is -0.136. The lowest BCUT2D eigenvalue weighted by atomic mass is 10.1. The van der Waals surface area contributed by atoms with Crippen LogP contribution >= 0.6 is 0 Å². The largest absolute Gasteiger partial charge is 0.493 e. The Balaban J connectivity index is 1.48. The number of esters is 1. The fourth-order valence-corrected chi connectivity index (χ4v) is 3.35. The number of hydrogen-bond acceptors (Lipinski definition) is 6. The van der Waals surface area contributed by atoms with Gasteiger partial charge in [-0.15, -0.1) is 0 Å². The molecule has 0 saturated heterocycles. The van der Waals surface area contributed by atoms with Crippen molar-refractivity contribution in [3.8, 4) is 17.2 Å². The summed E-state index contributed by atoms with van der Waals surface area (Å²) < 4.78 is 21.3. The number of aryl methyl sites for hydroxylation is 1. The smallest absolute Gasteiger partial charge is 0.349 e. The Kier molecular flexibility index (Phi) is 4.54. The zero-order chi connectivity index (χ0) is 18.8. The molecule has 0 saturated carbocycles. The van der Waals surface area contributed by atoms with E-state index < -0.39 is 5.97 Å². The minimum Gasteiger partial charge on any atom is -0.493 e. The summed E-state index contributed by atoms with van der Waals surface area (Å²) in [6.07, 6.45) is 2.61. The summed E-state index contributed by atoms with van der Waals surface area (Å²) in [5, 5.41) is 0.922. The number of methoxy groups -OCH3 is 1. The highest BCUT2D eigenvalue weighted by molar-refractivity contribution is 5.83. The number of hydrogen-bond donors (Lipinski definition) is 0. The second kappa shape index (κ2) is 7.15. The fourth-order valence-electron chi connectivity index (χ4n) is 3.35. The van der Waals surface area contributed by atoms with Crippen molar-refractivity contribution in [2.75, 3.05) is 13.7 Å². The molecule has 1 aromatic heterocycles. The zero-order valence-corrected chi connectivity index (χ0v) is 14.8. The highest BCUT2D eigenvalue weighted by Gasteiger charge is 2.20. The number of ether oxygens (including phenoxy) is 3. The van der Waals surface area contributed by atoms with E-state index >= 15 is 0 Å². The van der Waals surface area contributed by atoms with E-state index in [1.54, 1.807) is 36.4 Å². The average molecular weight is 366 g/mol. The van der Waals surface area contributed by atoms with Gasteiger partial charge >= 0.3 is 11.6 Å². The van der Waals surface area contributed by atoms with E-state index in [1.807, 2.05) is 6.07 Å². The molecule has 0 atom stereocenters. The van der Waals surface area contributed by atoms with Crippen molar-refractivity contribution in [1.82, 2.24) is 0 Å². The molecule has 0 unspecified atom stereocenters. The van der Waals surface area contributed by atoms with E-state index in [-0.39, 0.29) is 12.2 Å². The van der Waals surface area contributed by atoms with Crippen LogP contribution in [0.25, 0.3) is 11.0 Å². The van der Waals surface area contributed by atoms with Crippen molar-refractivity contribution >= 4 is 16.9 Å². The van der Waals surface area contributed by atoms with E-state index in [0.717, 1.165) is 35.8 Å². The topological polar surface area (TPSA) is 75.0 Å². The molecule has 0 spiro atoms. The van der Waals surface area contributed by atoms with Gasteiger partial charge in [0.1, 0.15) is 11.3 Å². The van der Waals surface area contributed by atoms with Crippen LogP contribution in [-0.2, 0) is 17.6 Å². The number of para-hydroxylation sites is 2. The predicted molar refractivity (Wildman–Crippen MR) is 98.6 cm³/mol. The summed E-state index contributed by atoms with van der Waals surface area (Å²) in [5.41, 5.74) is 2.01. The first-order valence-electron chi connectivity index (χ1n) is 8.71. The SMILES string of the molecule is COc1ccccc1OC(=O)COc1ccc2c3c(c(=O)oc2c1)CCC3. The molecule has 6 heteroatoms. The molecule has 4 rings (SSSR count). The molecule has 1 aliphatic rings. The van der Waals surface area contributed by atoms with E-state index in [2.05, 4.69) is 0 Å². The summed E-state index contributed by atoms with van der Waals surface area (Å²) in [4.78, 5) is 24.1. The first-order chi connectivity index (χ1) is 13.2. The first kappa shape index (κ1) is 17.1. The van der Waals surface area contributed by atoms with E-state index in [0.29, 0.717) is 22.8 Å². The molecule has 3 aromatic rings. The second-order valence-electron chi connectivity index (χ2n) is 6.27. The fraction of sp³-hybridized carbons (Fsp3) is 0.238. The van der Waals surface area contributed by atoms with Crippen LogP contribution in [0.1, 0.15) is 17.5 Å². The summed E-state index contributed by atoms with van der Waals surface area (Å²) >= 11 is 0. The molecular weight excluding hydrogens is 348 g/mol. The van der Waals surface area contributed by atoms with Gasteiger partial charge in [-0.25, -0.2) is 9.59 Å². The molecule has 1 heterocycles. The highest BCUT2D eigenvalue weighted by Crippen LogP contribution is 2.30. The Labute approximate surface area is 155 Å². The molecule has 1 aliphatic carbocycles. The molecular formula is C21H18O6. The highest BCUT2D eigenvalue weighted by atomic mass is 16.6. The number of benzene rings is 2. The quantitative estimate of drug-likeness (QED) is 0.392. The molecule has 0 amide bonds. The molecule has 6 nitrogen and oxygen atoms in total. The van der Waals surface area contributed by atoms with Crippen LogP contribution in [-0.4, -0.2) is 19.7 Å². The molecule has 138 valence electrons. The first-order valence-corrected chi connectivity index (χ1v) is 8.71. The number of carbonyl (C=O) groups is 1. The van der Waals surface area contributed by atoms with Crippen LogP contribution < -0.4 is 19.8 Å². The maximum atomic E-state index is 12.1. The summed E-state index contributed by atoms with van der Waals surface area (Å²) in [6, 6.07) is 12.1. The van der Waals surface area contributed by atoms with Crippen molar-refractivity contribution in [1.29, 1.82) is 0 Å². The van der Waals surface area contributed by atoms with Gasteiger partial charge in [-0.05, 0) is 49.1 Å². The van der Waals surface area contributed by atoms with Crippen molar-refractivity contribution in [2.45, 2.75) is 19.3 Å². The molecule has 0 bridgehead atoms. The lowest BCUT2D eigenvalue weighted by Crippen LogP contribution is -2.18. The monoisotopic (exact) mass is 366 g/mol. The molecule has 27 heavy (non-hydrogen) atoms. The third-order valence-corrected chi connectivity index (χ3v) is 4.59.